The topological polar surface area (TPSA) is 129 Å². The molecule has 0 saturated carbocycles. The highest BCUT2D eigenvalue weighted by Gasteiger charge is 2.27. The Bertz CT molecular complexity index is 7990. The van der Waals surface area contributed by atoms with E-state index in [0.717, 1.165) is 209 Å². The molecular weight excluding hydrogens is 1380 g/mol. The Labute approximate surface area is 635 Å². The van der Waals surface area contributed by atoms with Crippen molar-refractivity contribution in [3.63, 3.8) is 0 Å². The first-order valence-electron chi connectivity index (χ1n) is 36.9. The van der Waals surface area contributed by atoms with Crippen molar-refractivity contribution in [2.24, 2.45) is 0 Å². The Balaban J connectivity index is 0.000000134. The molecule has 0 unspecified atom stereocenters. The lowest BCUT2D eigenvalue weighted by molar-refractivity contribution is 0.669. The van der Waals surface area contributed by atoms with E-state index in [9.17, 15) is 10.5 Å². The van der Waals surface area contributed by atoms with Gasteiger partial charge in [-0.05, 0) is 168 Å². The third kappa shape index (κ3) is 8.77. The number of hydrogen-bond donors (Lipinski definition) is 0. The van der Waals surface area contributed by atoms with Crippen molar-refractivity contribution >= 4 is 186 Å². The highest BCUT2D eigenvalue weighted by molar-refractivity contribution is 6.30. The van der Waals surface area contributed by atoms with Crippen molar-refractivity contribution in [1.82, 2.24) is 18.3 Å². The molecule has 8 heterocycles. The monoisotopic (exact) mass is 1430 g/mol. The Hall–Kier alpha value is -16.1. The molecule has 112 heavy (non-hydrogen) atoms. The molecular formula is C100H52N8O4. The Morgan fingerprint density at radius 1 is 0.250 bits per heavy atom. The Morgan fingerprint density at radius 3 is 1.11 bits per heavy atom. The zero-order valence-electron chi connectivity index (χ0n) is 59.2. The highest BCUT2D eigenvalue weighted by Crippen LogP contribution is 2.49. The van der Waals surface area contributed by atoms with Crippen LogP contribution in [0.5, 0.6) is 0 Å². The number of rotatable bonds is 6. The van der Waals surface area contributed by atoms with E-state index in [0.29, 0.717) is 33.6 Å². The number of hydrogen-bond acceptors (Lipinski definition) is 6. The molecule has 516 valence electrons. The molecule has 0 aliphatic heterocycles. The fraction of sp³-hybridized carbons (Fsp3) is 0. The minimum Gasteiger partial charge on any atom is -0.456 e. The van der Waals surface area contributed by atoms with Crippen molar-refractivity contribution in [3.8, 4) is 57.1 Å². The molecule has 0 spiro atoms. The summed E-state index contributed by atoms with van der Waals surface area (Å²) in [7, 11) is 0. The number of aromatic nitrogens is 4. The zero-order valence-corrected chi connectivity index (χ0v) is 59.2. The first-order valence-corrected chi connectivity index (χ1v) is 36.9. The summed E-state index contributed by atoms with van der Waals surface area (Å²) in [5, 5.41) is 38.2. The van der Waals surface area contributed by atoms with Crippen LogP contribution in [0.15, 0.2) is 333 Å². The first-order chi connectivity index (χ1) is 55.4. The molecule has 0 N–H and O–H groups in total. The van der Waals surface area contributed by atoms with Crippen LogP contribution >= 0.6 is 0 Å². The first kappa shape index (κ1) is 62.1. The molecule has 0 aliphatic rings. The van der Waals surface area contributed by atoms with Crippen LogP contribution in [0.2, 0.25) is 0 Å². The number of benzene rings is 16. The van der Waals surface area contributed by atoms with Gasteiger partial charge in [0, 0.05) is 86.8 Å². The minimum atomic E-state index is 0.467. The summed E-state index contributed by atoms with van der Waals surface area (Å²) in [6.07, 6.45) is 0. The van der Waals surface area contributed by atoms with Crippen LogP contribution in [0, 0.1) is 35.8 Å². The molecule has 0 amide bonds. The largest absolute Gasteiger partial charge is 0.456 e. The maximum absolute atomic E-state index is 10.5. The number of nitriles is 2. The second kappa shape index (κ2) is 23.7. The number of nitrogens with zero attached hydrogens (tertiary/aromatic N) is 8. The molecule has 0 saturated heterocycles. The summed E-state index contributed by atoms with van der Waals surface area (Å²) in [6.45, 7) is 16.5. The van der Waals surface area contributed by atoms with E-state index < -0.39 is 0 Å². The number of para-hydroxylation sites is 8. The molecule has 12 nitrogen and oxygen atoms in total. The molecule has 0 bridgehead atoms. The van der Waals surface area contributed by atoms with E-state index in [4.69, 9.17) is 30.8 Å². The number of furan rings is 4. The zero-order chi connectivity index (χ0) is 74.1. The average Bonchev–Trinajstić information content (AvgIpc) is 1.57. The van der Waals surface area contributed by atoms with Gasteiger partial charge >= 0.3 is 0 Å². The van der Waals surface area contributed by atoms with Gasteiger partial charge in [0.25, 0.3) is 0 Å². The fourth-order valence-electron chi connectivity index (χ4n) is 18.0. The van der Waals surface area contributed by atoms with Crippen LogP contribution < -0.4 is 0 Å². The van der Waals surface area contributed by atoms with Crippen molar-refractivity contribution in [3.05, 3.63) is 349 Å². The van der Waals surface area contributed by atoms with Gasteiger partial charge in [-0.1, -0.05) is 170 Å². The minimum absolute atomic E-state index is 0.467. The summed E-state index contributed by atoms with van der Waals surface area (Å²) in [5.74, 6) is 0. The standard InChI is InChI=1S/2C50H26N4O2/c1-52-40-23-20-31(54-42-15-7-3-13-37(42)48-44(54)25-22-35-33-11-5-9-17-46(33)56-50(35)48)27-39(40)38-26-30(19-18-29(38)28-51)53-41-14-6-2-12-36(41)47-43(53)24-21-34-32-10-4-8-16-45(32)55-49(34)47;1-52-36-21-20-30(27-42(36)54-38-15-7-3-11-33(38)48-40(54)23-25-46-50(48)35-13-5-9-17-44(35)56-46)29-18-19-31(28-51)41(26-29)53-37-14-6-2-10-32(37)47-39(53)22-24-45-49(47)34-12-4-8-16-43(34)55-45/h2*2-27H. The van der Waals surface area contributed by atoms with Gasteiger partial charge in [0.15, 0.2) is 5.69 Å². The van der Waals surface area contributed by atoms with Gasteiger partial charge in [0.2, 0.25) is 5.69 Å². The molecule has 24 aromatic rings. The van der Waals surface area contributed by atoms with Crippen molar-refractivity contribution < 1.29 is 17.7 Å². The lowest BCUT2D eigenvalue weighted by atomic mass is 9.97. The van der Waals surface area contributed by atoms with Crippen molar-refractivity contribution in [2.75, 3.05) is 0 Å². The summed E-state index contributed by atoms with van der Waals surface area (Å²) < 4.78 is 34.6. The molecule has 8 aromatic heterocycles. The van der Waals surface area contributed by atoms with Gasteiger partial charge in [0.05, 0.1) is 96.6 Å². The predicted molar refractivity (Wildman–Crippen MR) is 452 cm³/mol. The van der Waals surface area contributed by atoms with Crippen LogP contribution in [-0.2, 0) is 0 Å². The van der Waals surface area contributed by atoms with Gasteiger partial charge in [0.1, 0.15) is 50.7 Å². The van der Waals surface area contributed by atoms with E-state index in [1.807, 2.05) is 170 Å². The molecule has 24 rings (SSSR count). The SMILES string of the molecule is [C-]#[N+]c1ccc(-c2ccc(C#N)c(-n3c4ccccc4c4c5c(ccc43)oc3ccccc35)c2)cc1-n1c2ccccc2c2c3c(ccc21)oc1ccccc13.[C-]#[N+]c1ccc(-n2c3ccccc3c3c4oc5ccccc5c4ccc32)cc1-c1cc(-n2c3ccccc3c3c4oc5ccccc5c4ccc32)ccc1C#N. The Morgan fingerprint density at radius 2 is 0.616 bits per heavy atom. The smallest absolute Gasteiger partial charge is 0.210 e. The average molecular weight is 1430 g/mol. The highest BCUT2D eigenvalue weighted by atomic mass is 16.3. The van der Waals surface area contributed by atoms with Gasteiger partial charge < -0.3 is 35.9 Å². The van der Waals surface area contributed by atoms with Crippen LogP contribution in [0.3, 0.4) is 0 Å². The van der Waals surface area contributed by atoms with Crippen LogP contribution in [0.1, 0.15) is 11.1 Å². The summed E-state index contributed by atoms with van der Waals surface area (Å²) in [6, 6.07) is 112. The fourth-order valence-corrected chi connectivity index (χ4v) is 18.0. The molecule has 0 radical (unpaired) electrons. The normalized spacial score (nSPS) is 11.9. The summed E-state index contributed by atoms with van der Waals surface area (Å²) in [5.41, 5.74) is 23.4. The lowest BCUT2D eigenvalue weighted by Crippen LogP contribution is -1.99. The van der Waals surface area contributed by atoms with Gasteiger partial charge in [-0.3, -0.25) is 0 Å². The lowest BCUT2D eigenvalue weighted by Gasteiger charge is -2.15. The third-order valence-electron chi connectivity index (χ3n) is 22.8. The second-order valence-electron chi connectivity index (χ2n) is 28.5. The quantitative estimate of drug-likeness (QED) is 0.153. The summed E-state index contributed by atoms with van der Waals surface area (Å²) in [4.78, 5) is 8.01. The molecule has 12 heteroatoms. The molecule has 16 aromatic carbocycles. The van der Waals surface area contributed by atoms with E-state index in [1.165, 1.54) is 0 Å². The molecule has 0 fully saturated rings. The van der Waals surface area contributed by atoms with Gasteiger partial charge in [-0.25, -0.2) is 9.69 Å². The maximum atomic E-state index is 10.5. The second-order valence-corrected chi connectivity index (χ2v) is 28.5. The van der Waals surface area contributed by atoms with E-state index in [1.54, 1.807) is 0 Å². The number of fused-ring (bicyclic) bond motifs is 28. The van der Waals surface area contributed by atoms with E-state index >= 15 is 0 Å². The maximum Gasteiger partial charge on any atom is 0.210 e. The van der Waals surface area contributed by atoms with Gasteiger partial charge in [-0.15, -0.1) is 0 Å². The summed E-state index contributed by atoms with van der Waals surface area (Å²) >= 11 is 0. The Kier molecular flexibility index (Phi) is 13.1. The van der Waals surface area contributed by atoms with E-state index in [2.05, 4.69) is 186 Å². The third-order valence-corrected chi connectivity index (χ3v) is 22.8. The van der Waals surface area contributed by atoms with Gasteiger partial charge in [-0.2, -0.15) is 10.5 Å². The van der Waals surface area contributed by atoms with Crippen molar-refractivity contribution in [1.29, 1.82) is 10.5 Å². The predicted octanol–water partition coefficient (Wildman–Crippen LogP) is 27.5. The van der Waals surface area contributed by atoms with Crippen LogP contribution in [0.25, 0.3) is 230 Å². The van der Waals surface area contributed by atoms with Crippen molar-refractivity contribution in [2.45, 2.75) is 0 Å². The van der Waals surface area contributed by atoms with E-state index in [-0.39, 0.29) is 0 Å². The van der Waals surface area contributed by atoms with Crippen LogP contribution in [-0.4, -0.2) is 18.3 Å². The van der Waals surface area contributed by atoms with Crippen LogP contribution in [0.4, 0.5) is 11.4 Å². The molecule has 0 aliphatic carbocycles. The molecule has 0 atom stereocenters.